The second kappa shape index (κ2) is 5.14. The minimum absolute atomic E-state index is 0.0736. The van der Waals surface area contributed by atoms with Crippen molar-refractivity contribution in [1.29, 1.82) is 0 Å². The van der Waals surface area contributed by atoms with Gasteiger partial charge in [0.1, 0.15) is 11.0 Å². The summed E-state index contributed by atoms with van der Waals surface area (Å²) in [7, 11) is 0. The van der Waals surface area contributed by atoms with Gasteiger partial charge in [0.15, 0.2) is 0 Å². The van der Waals surface area contributed by atoms with E-state index < -0.39 is 6.04 Å². The van der Waals surface area contributed by atoms with Gasteiger partial charge in [-0.2, -0.15) is 0 Å². The zero-order valence-corrected chi connectivity index (χ0v) is 11.7. The molecule has 5 nitrogen and oxygen atoms in total. The maximum absolute atomic E-state index is 11.7. The number of piperazine rings is 1. The van der Waals surface area contributed by atoms with E-state index >= 15 is 0 Å². The Morgan fingerprint density at radius 2 is 2.21 bits per heavy atom. The van der Waals surface area contributed by atoms with E-state index in [0.29, 0.717) is 16.3 Å². The van der Waals surface area contributed by atoms with Crippen molar-refractivity contribution in [3.8, 4) is 0 Å². The number of rotatable bonds is 2. The van der Waals surface area contributed by atoms with Gasteiger partial charge in [-0.3, -0.25) is 14.9 Å². The Bertz CT molecular complexity index is 576. The number of nitrogens with zero attached hydrogens (tertiary/aromatic N) is 1. The lowest BCUT2D eigenvalue weighted by Gasteiger charge is -2.34. The van der Waals surface area contributed by atoms with E-state index in [1.54, 1.807) is 30.0 Å². The highest BCUT2D eigenvalue weighted by Gasteiger charge is 2.31. The van der Waals surface area contributed by atoms with E-state index in [0.717, 1.165) is 0 Å². The number of nitrogens with two attached hydrogens (primary N) is 1. The van der Waals surface area contributed by atoms with Crippen LogP contribution in [0.3, 0.4) is 0 Å². The minimum atomic E-state index is -0.480. The predicted molar refractivity (Wildman–Crippen MR) is 77.3 cm³/mol. The Morgan fingerprint density at radius 3 is 2.84 bits per heavy atom. The first-order valence-corrected chi connectivity index (χ1v) is 6.38. The predicted octanol–water partition coefficient (Wildman–Crippen LogP) is 0.826. The van der Waals surface area contributed by atoms with Crippen molar-refractivity contribution in [2.24, 2.45) is 5.73 Å². The summed E-state index contributed by atoms with van der Waals surface area (Å²) in [5, 5.41) is 2.77. The standard InChI is InChI=1S/C12H12ClN3O2S/c1-6-12(18)15-10(17)5-16(6)9-3-2-7(13)4-8(9)11(14)19/h2-4,6H,5H2,1H3,(H2,14,19)(H,15,17,18). The van der Waals surface area contributed by atoms with Crippen molar-refractivity contribution in [2.45, 2.75) is 13.0 Å². The van der Waals surface area contributed by atoms with Crippen molar-refractivity contribution in [1.82, 2.24) is 5.32 Å². The molecule has 1 heterocycles. The first-order chi connectivity index (χ1) is 8.90. The molecule has 1 aliphatic heterocycles. The summed E-state index contributed by atoms with van der Waals surface area (Å²) in [5.74, 6) is -0.702. The molecule has 2 amide bonds. The molecule has 0 radical (unpaired) electrons. The summed E-state index contributed by atoms with van der Waals surface area (Å²) in [6.45, 7) is 1.78. The lowest BCUT2D eigenvalue weighted by Crippen LogP contribution is -2.57. The molecular formula is C12H12ClN3O2S. The summed E-state index contributed by atoms with van der Waals surface area (Å²) in [6, 6.07) is 4.52. The van der Waals surface area contributed by atoms with Crippen LogP contribution in [0.4, 0.5) is 5.69 Å². The molecule has 1 saturated heterocycles. The van der Waals surface area contributed by atoms with Gasteiger partial charge in [-0.15, -0.1) is 0 Å². The van der Waals surface area contributed by atoms with Gasteiger partial charge in [0.2, 0.25) is 11.8 Å². The highest BCUT2D eigenvalue weighted by molar-refractivity contribution is 7.80. The van der Waals surface area contributed by atoms with Crippen LogP contribution in [0.2, 0.25) is 5.02 Å². The first-order valence-electron chi connectivity index (χ1n) is 5.60. The monoisotopic (exact) mass is 297 g/mol. The normalized spacial score (nSPS) is 19.3. The molecule has 2 rings (SSSR count). The second-order valence-corrected chi connectivity index (χ2v) is 5.12. The number of carbonyl (C=O) groups is 2. The van der Waals surface area contributed by atoms with Gasteiger partial charge in [-0.25, -0.2) is 0 Å². The third kappa shape index (κ3) is 2.69. The Kier molecular flexibility index (Phi) is 3.73. The highest BCUT2D eigenvalue weighted by Crippen LogP contribution is 2.27. The molecule has 0 bridgehead atoms. The quantitative estimate of drug-likeness (QED) is 0.624. The summed E-state index contributed by atoms with van der Waals surface area (Å²) in [5.41, 5.74) is 6.85. The van der Waals surface area contributed by atoms with E-state index in [2.05, 4.69) is 5.32 Å². The fourth-order valence-electron chi connectivity index (χ4n) is 1.96. The lowest BCUT2D eigenvalue weighted by atomic mass is 10.1. The zero-order valence-electron chi connectivity index (χ0n) is 10.1. The number of carbonyl (C=O) groups excluding carboxylic acids is 2. The minimum Gasteiger partial charge on any atom is -0.389 e. The van der Waals surface area contributed by atoms with Crippen LogP contribution in [0.1, 0.15) is 12.5 Å². The van der Waals surface area contributed by atoms with Crippen LogP contribution in [0, 0.1) is 0 Å². The molecule has 0 aliphatic carbocycles. The van der Waals surface area contributed by atoms with Gasteiger partial charge >= 0.3 is 0 Å². The molecule has 1 unspecified atom stereocenters. The van der Waals surface area contributed by atoms with Crippen LogP contribution in [0.15, 0.2) is 18.2 Å². The van der Waals surface area contributed by atoms with Crippen molar-refractivity contribution in [2.75, 3.05) is 11.4 Å². The van der Waals surface area contributed by atoms with Crippen LogP contribution >= 0.6 is 23.8 Å². The summed E-state index contributed by atoms with van der Waals surface area (Å²) in [6.07, 6.45) is 0. The number of thiocarbonyl (C=S) groups is 1. The Hall–Kier alpha value is -1.66. The molecule has 1 aliphatic rings. The molecule has 19 heavy (non-hydrogen) atoms. The summed E-state index contributed by atoms with van der Waals surface area (Å²) < 4.78 is 0. The summed E-state index contributed by atoms with van der Waals surface area (Å²) in [4.78, 5) is 25.0. The molecular weight excluding hydrogens is 286 g/mol. The number of hydrogen-bond acceptors (Lipinski definition) is 4. The average Bonchev–Trinajstić information content (AvgIpc) is 2.34. The van der Waals surface area contributed by atoms with Crippen LogP contribution < -0.4 is 16.0 Å². The second-order valence-electron chi connectivity index (χ2n) is 4.24. The molecule has 1 aromatic carbocycles. The number of benzene rings is 1. The number of hydrogen-bond donors (Lipinski definition) is 2. The van der Waals surface area contributed by atoms with Gasteiger partial charge in [-0.1, -0.05) is 23.8 Å². The maximum atomic E-state index is 11.7. The van der Waals surface area contributed by atoms with E-state index in [1.165, 1.54) is 0 Å². The number of halogens is 1. The van der Waals surface area contributed by atoms with Crippen LogP contribution in [0.5, 0.6) is 0 Å². The third-order valence-corrected chi connectivity index (χ3v) is 3.41. The molecule has 3 N–H and O–H groups in total. The zero-order chi connectivity index (χ0) is 14.2. The fraction of sp³-hybridized carbons (Fsp3) is 0.250. The Morgan fingerprint density at radius 1 is 1.53 bits per heavy atom. The van der Waals surface area contributed by atoms with Gasteiger partial charge in [0.05, 0.1) is 6.54 Å². The molecule has 1 fully saturated rings. The Balaban J connectivity index is 2.48. The van der Waals surface area contributed by atoms with E-state index in [1.807, 2.05) is 0 Å². The van der Waals surface area contributed by atoms with Gasteiger partial charge in [0.25, 0.3) is 0 Å². The average molecular weight is 298 g/mol. The Labute approximate surface area is 120 Å². The number of nitrogens with one attached hydrogen (secondary N) is 1. The van der Waals surface area contributed by atoms with Crippen LogP contribution in [0.25, 0.3) is 0 Å². The van der Waals surface area contributed by atoms with Crippen molar-refractivity contribution in [3.05, 3.63) is 28.8 Å². The molecule has 7 heteroatoms. The molecule has 1 aromatic rings. The SMILES string of the molecule is CC1C(=O)NC(=O)CN1c1ccc(Cl)cc1C(N)=S. The summed E-state index contributed by atoms with van der Waals surface area (Å²) >= 11 is 10.9. The number of amides is 2. The topological polar surface area (TPSA) is 75.4 Å². The van der Waals surface area contributed by atoms with Gasteiger partial charge < -0.3 is 10.6 Å². The van der Waals surface area contributed by atoms with E-state index in [4.69, 9.17) is 29.6 Å². The molecule has 1 atom stereocenters. The number of imide groups is 1. The van der Waals surface area contributed by atoms with Gasteiger partial charge in [0, 0.05) is 16.3 Å². The van der Waals surface area contributed by atoms with Gasteiger partial charge in [-0.05, 0) is 25.1 Å². The molecule has 0 aromatic heterocycles. The maximum Gasteiger partial charge on any atom is 0.249 e. The van der Waals surface area contributed by atoms with Crippen molar-refractivity contribution in [3.63, 3.8) is 0 Å². The highest BCUT2D eigenvalue weighted by atomic mass is 35.5. The smallest absolute Gasteiger partial charge is 0.249 e. The van der Waals surface area contributed by atoms with E-state index in [9.17, 15) is 9.59 Å². The van der Waals surface area contributed by atoms with Crippen LogP contribution in [-0.2, 0) is 9.59 Å². The van der Waals surface area contributed by atoms with Crippen molar-refractivity contribution < 1.29 is 9.59 Å². The first kappa shape index (κ1) is 13.8. The largest absolute Gasteiger partial charge is 0.389 e. The van der Waals surface area contributed by atoms with Crippen LogP contribution in [-0.4, -0.2) is 29.4 Å². The van der Waals surface area contributed by atoms with E-state index in [-0.39, 0.29) is 23.3 Å². The third-order valence-electron chi connectivity index (χ3n) is 2.96. The fourth-order valence-corrected chi connectivity index (χ4v) is 2.30. The molecule has 100 valence electrons. The number of anilines is 1. The lowest BCUT2D eigenvalue weighted by molar-refractivity contribution is -0.132. The van der Waals surface area contributed by atoms with Crippen molar-refractivity contribution >= 4 is 46.3 Å². The molecule has 0 saturated carbocycles. The molecule has 0 spiro atoms.